The normalized spacial score (nSPS) is 14.6. The SMILES string of the molecule is CC(C)CC(=O)N1CCN(c2nccc(-c3ccc(N(C)C)cc3)n2)CC1. The lowest BCUT2D eigenvalue weighted by Gasteiger charge is -2.35. The molecule has 0 radical (unpaired) electrons. The summed E-state index contributed by atoms with van der Waals surface area (Å²) in [7, 11) is 4.06. The van der Waals surface area contributed by atoms with E-state index in [-0.39, 0.29) is 5.91 Å². The first-order chi connectivity index (χ1) is 12.9. The van der Waals surface area contributed by atoms with Crippen molar-refractivity contribution in [2.45, 2.75) is 20.3 Å². The molecule has 144 valence electrons. The van der Waals surface area contributed by atoms with Crippen LogP contribution in [-0.2, 0) is 4.79 Å². The summed E-state index contributed by atoms with van der Waals surface area (Å²) in [5.41, 5.74) is 3.16. The van der Waals surface area contributed by atoms with E-state index >= 15 is 0 Å². The van der Waals surface area contributed by atoms with E-state index in [1.807, 2.05) is 31.3 Å². The Bertz CT molecular complexity index is 764. The van der Waals surface area contributed by atoms with Crippen molar-refractivity contribution in [2.75, 3.05) is 50.1 Å². The predicted molar refractivity (Wildman–Crippen MR) is 110 cm³/mol. The molecule has 0 saturated carbocycles. The lowest BCUT2D eigenvalue weighted by molar-refractivity contribution is -0.132. The minimum Gasteiger partial charge on any atom is -0.378 e. The summed E-state index contributed by atoms with van der Waals surface area (Å²) in [5.74, 6) is 1.38. The van der Waals surface area contributed by atoms with Crippen molar-refractivity contribution >= 4 is 17.5 Å². The van der Waals surface area contributed by atoms with Crippen molar-refractivity contribution in [3.63, 3.8) is 0 Å². The van der Waals surface area contributed by atoms with E-state index in [2.05, 4.69) is 52.9 Å². The molecule has 0 aliphatic carbocycles. The molecule has 1 aromatic carbocycles. The molecule has 27 heavy (non-hydrogen) atoms. The van der Waals surface area contributed by atoms with Crippen molar-refractivity contribution in [2.24, 2.45) is 5.92 Å². The Morgan fingerprint density at radius 3 is 2.33 bits per heavy atom. The molecule has 0 bridgehead atoms. The third-order valence-corrected chi connectivity index (χ3v) is 4.82. The molecule has 0 N–H and O–H groups in total. The van der Waals surface area contributed by atoms with Gasteiger partial charge in [0.15, 0.2) is 0 Å². The lowest BCUT2D eigenvalue weighted by atomic mass is 10.1. The molecule has 1 amide bonds. The summed E-state index contributed by atoms with van der Waals surface area (Å²) in [6.45, 7) is 7.17. The maximum absolute atomic E-state index is 12.2. The largest absolute Gasteiger partial charge is 0.378 e. The Balaban J connectivity index is 1.67. The van der Waals surface area contributed by atoms with Crippen LogP contribution in [0.15, 0.2) is 36.5 Å². The number of amides is 1. The quantitative estimate of drug-likeness (QED) is 0.813. The van der Waals surface area contributed by atoms with Crippen LogP contribution in [-0.4, -0.2) is 61.0 Å². The number of carbonyl (C=O) groups is 1. The number of carbonyl (C=O) groups excluding carboxylic acids is 1. The van der Waals surface area contributed by atoms with Gasteiger partial charge in [0, 0.05) is 64.1 Å². The van der Waals surface area contributed by atoms with Crippen LogP contribution >= 0.6 is 0 Å². The van der Waals surface area contributed by atoms with Crippen molar-refractivity contribution in [1.29, 1.82) is 0 Å². The summed E-state index contributed by atoms with van der Waals surface area (Å²) in [6.07, 6.45) is 2.43. The van der Waals surface area contributed by atoms with Crippen LogP contribution in [0, 0.1) is 5.92 Å². The summed E-state index contributed by atoms with van der Waals surface area (Å²) < 4.78 is 0. The molecule has 2 heterocycles. The standard InChI is InChI=1S/C21H29N5O/c1-16(2)15-20(27)25-11-13-26(14-12-25)21-22-10-9-19(23-21)17-5-7-18(8-6-17)24(3)4/h5-10,16H,11-15H2,1-4H3. The molecule has 2 aromatic rings. The minimum atomic E-state index is 0.250. The number of hydrogen-bond acceptors (Lipinski definition) is 5. The van der Waals surface area contributed by atoms with Crippen molar-refractivity contribution in [1.82, 2.24) is 14.9 Å². The first-order valence-electron chi connectivity index (χ1n) is 9.57. The maximum Gasteiger partial charge on any atom is 0.225 e. The molecule has 0 spiro atoms. The summed E-state index contributed by atoms with van der Waals surface area (Å²) >= 11 is 0. The first-order valence-corrected chi connectivity index (χ1v) is 9.57. The van der Waals surface area contributed by atoms with Crippen molar-refractivity contribution in [3.8, 4) is 11.3 Å². The van der Waals surface area contributed by atoms with Crippen LogP contribution in [0.4, 0.5) is 11.6 Å². The molecule has 1 aliphatic rings. The third kappa shape index (κ3) is 4.76. The highest BCUT2D eigenvalue weighted by Crippen LogP contribution is 2.22. The number of aromatic nitrogens is 2. The van der Waals surface area contributed by atoms with Gasteiger partial charge in [0.2, 0.25) is 11.9 Å². The van der Waals surface area contributed by atoms with E-state index in [1.54, 1.807) is 0 Å². The van der Waals surface area contributed by atoms with Gasteiger partial charge in [-0.1, -0.05) is 26.0 Å². The second-order valence-electron chi connectivity index (χ2n) is 7.65. The van der Waals surface area contributed by atoms with E-state index in [4.69, 9.17) is 4.98 Å². The number of anilines is 2. The molecular formula is C21H29N5O. The lowest BCUT2D eigenvalue weighted by Crippen LogP contribution is -2.49. The summed E-state index contributed by atoms with van der Waals surface area (Å²) in [5, 5.41) is 0. The molecule has 1 saturated heterocycles. The molecule has 6 heteroatoms. The van der Waals surface area contributed by atoms with Gasteiger partial charge in [0.1, 0.15) is 0 Å². The fraction of sp³-hybridized carbons (Fsp3) is 0.476. The van der Waals surface area contributed by atoms with Crippen LogP contribution in [0.3, 0.4) is 0 Å². The molecule has 0 atom stereocenters. The fourth-order valence-electron chi connectivity index (χ4n) is 3.23. The Morgan fingerprint density at radius 2 is 1.74 bits per heavy atom. The van der Waals surface area contributed by atoms with Crippen molar-refractivity contribution in [3.05, 3.63) is 36.5 Å². The van der Waals surface area contributed by atoms with Gasteiger partial charge >= 0.3 is 0 Å². The monoisotopic (exact) mass is 367 g/mol. The Kier molecular flexibility index (Phi) is 5.94. The van der Waals surface area contributed by atoms with Gasteiger partial charge < -0.3 is 14.7 Å². The average Bonchev–Trinajstić information content (AvgIpc) is 2.68. The van der Waals surface area contributed by atoms with Crippen molar-refractivity contribution < 1.29 is 4.79 Å². The number of piperazine rings is 1. The number of benzene rings is 1. The zero-order chi connectivity index (χ0) is 19.4. The molecule has 0 unspecified atom stereocenters. The van der Waals surface area contributed by atoms with Gasteiger partial charge in [-0.3, -0.25) is 4.79 Å². The van der Waals surface area contributed by atoms with Gasteiger partial charge in [-0.05, 0) is 24.1 Å². The summed E-state index contributed by atoms with van der Waals surface area (Å²) in [6, 6.07) is 10.3. The maximum atomic E-state index is 12.2. The Labute approximate surface area is 161 Å². The van der Waals surface area contributed by atoms with Crippen LogP contribution in [0.5, 0.6) is 0 Å². The van der Waals surface area contributed by atoms with E-state index in [9.17, 15) is 4.79 Å². The van der Waals surface area contributed by atoms with Gasteiger partial charge in [-0.2, -0.15) is 0 Å². The van der Waals surface area contributed by atoms with Crippen LogP contribution in [0.1, 0.15) is 20.3 Å². The highest BCUT2D eigenvalue weighted by Gasteiger charge is 2.23. The zero-order valence-corrected chi connectivity index (χ0v) is 16.7. The summed E-state index contributed by atoms with van der Waals surface area (Å²) in [4.78, 5) is 27.7. The molecular weight excluding hydrogens is 338 g/mol. The predicted octanol–water partition coefficient (Wildman–Crippen LogP) is 2.90. The Morgan fingerprint density at radius 1 is 1.07 bits per heavy atom. The van der Waals surface area contributed by atoms with Crippen LogP contribution in [0.25, 0.3) is 11.3 Å². The molecule has 1 fully saturated rings. The third-order valence-electron chi connectivity index (χ3n) is 4.82. The van der Waals surface area contributed by atoms with Crippen LogP contribution < -0.4 is 9.80 Å². The minimum absolute atomic E-state index is 0.250. The van der Waals surface area contributed by atoms with Gasteiger partial charge in [0.05, 0.1) is 5.69 Å². The highest BCUT2D eigenvalue weighted by atomic mass is 16.2. The van der Waals surface area contributed by atoms with E-state index in [0.29, 0.717) is 12.3 Å². The second kappa shape index (κ2) is 8.37. The van der Waals surface area contributed by atoms with E-state index < -0.39 is 0 Å². The number of nitrogens with zero attached hydrogens (tertiary/aromatic N) is 5. The van der Waals surface area contributed by atoms with E-state index in [1.165, 1.54) is 0 Å². The van der Waals surface area contributed by atoms with E-state index in [0.717, 1.165) is 49.1 Å². The zero-order valence-electron chi connectivity index (χ0n) is 16.7. The van der Waals surface area contributed by atoms with Gasteiger partial charge in [-0.25, -0.2) is 9.97 Å². The molecule has 1 aromatic heterocycles. The fourth-order valence-corrected chi connectivity index (χ4v) is 3.23. The first kappa shape index (κ1) is 19.1. The van der Waals surface area contributed by atoms with Crippen LogP contribution in [0.2, 0.25) is 0 Å². The number of rotatable bonds is 5. The number of hydrogen-bond donors (Lipinski definition) is 0. The van der Waals surface area contributed by atoms with Gasteiger partial charge in [0.25, 0.3) is 0 Å². The molecule has 6 nitrogen and oxygen atoms in total. The Hall–Kier alpha value is -2.63. The molecule has 3 rings (SSSR count). The van der Waals surface area contributed by atoms with Gasteiger partial charge in [-0.15, -0.1) is 0 Å². The highest BCUT2D eigenvalue weighted by molar-refractivity contribution is 5.76. The smallest absolute Gasteiger partial charge is 0.225 e. The topological polar surface area (TPSA) is 52.6 Å². The molecule has 1 aliphatic heterocycles. The average molecular weight is 367 g/mol. The second-order valence-corrected chi connectivity index (χ2v) is 7.65.